The van der Waals surface area contributed by atoms with Gasteiger partial charge >= 0.3 is 0 Å². The highest BCUT2D eigenvalue weighted by atomic mass is 16.3. The minimum absolute atomic E-state index is 0.166. The minimum atomic E-state index is 0.166. The predicted octanol–water partition coefficient (Wildman–Crippen LogP) is 2.88. The molecule has 25 heavy (non-hydrogen) atoms. The number of benzene rings is 1. The number of aromatic nitrogens is 3. The van der Waals surface area contributed by atoms with Crippen molar-refractivity contribution >= 4 is 16.7 Å². The van der Waals surface area contributed by atoms with Gasteiger partial charge in [-0.05, 0) is 32.4 Å². The molecule has 1 fully saturated rings. The average molecular weight is 336 g/mol. The van der Waals surface area contributed by atoms with E-state index in [1.165, 1.54) is 19.2 Å². The van der Waals surface area contributed by atoms with Crippen molar-refractivity contribution in [3.63, 3.8) is 0 Å². The molecule has 0 saturated carbocycles. The van der Waals surface area contributed by atoms with Gasteiger partial charge in [0.15, 0.2) is 17.9 Å². The van der Waals surface area contributed by atoms with Gasteiger partial charge in [0.2, 0.25) is 0 Å². The molecule has 128 valence electrons. The summed E-state index contributed by atoms with van der Waals surface area (Å²) >= 11 is 0. The van der Waals surface area contributed by atoms with Gasteiger partial charge in [-0.3, -0.25) is 9.69 Å². The Morgan fingerprint density at radius 1 is 1.36 bits per heavy atom. The molecule has 3 aromatic rings. The summed E-state index contributed by atoms with van der Waals surface area (Å²) in [6.45, 7) is 3.67. The second kappa shape index (κ2) is 6.72. The van der Waals surface area contributed by atoms with Crippen molar-refractivity contribution in [2.45, 2.75) is 32.2 Å². The molecule has 4 rings (SSSR count). The molecule has 0 aliphatic carbocycles. The van der Waals surface area contributed by atoms with Crippen molar-refractivity contribution in [3.8, 4) is 11.3 Å². The molecular weight excluding hydrogens is 316 g/mol. The Bertz CT molecular complexity index is 892. The van der Waals surface area contributed by atoms with Gasteiger partial charge in [0, 0.05) is 23.2 Å². The Morgan fingerprint density at radius 3 is 3.04 bits per heavy atom. The number of oxazole rings is 1. The maximum absolute atomic E-state index is 12.4. The van der Waals surface area contributed by atoms with Crippen LogP contribution in [0.3, 0.4) is 0 Å². The van der Waals surface area contributed by atoms with Crippen LogP contribution in [-0.2, 0) is 11.2 Å². The van der Waals surface area contributed by atoms with Gasteiger partial charge in [-0.15, -0.1) is 0 Å². The van der Waals surface area contributed by atoms with E-state index in [2.05, 4.69) is 26.8 Å². The SMILES string of the molecule is C[C@@H]1CCCN1CC(=O)Cc1ncc2ccc(-c3cnco3)cc2n1. The highest BCUT2D eigenvalue weighted by Crippen LogP contribution is 2.23. The van der Waals surface area contributed by atoms with Crippen molar-refractivity contribution in [1.29, 1.82) is 0 Å². The third-order valence-corrected chi connectivity index (χ3v) is 4.77. The van der Waals surface area contributed by atoms with Gasteiger partial charge in [0.05, 0.1) is 24.7 Å². The Hall–Kier alpha value is -2.60. The summed E-state index contributed by atoms with van der Waals surface area (Å²) in [6, 6.07) is 6.33. The zero-order chi connectivity index (χ0) is 17.2. The van der Waals surface area contributed by atoms with Crippen LogP contribution < -0.4 is 0 Å². The summed E-state index contributed by atoms with van der Waals surface area (Å²) in [7, 11) is 0. The van der Waals surface area contributed by atoms with Crippen LogP contribution in [0.15, 0.2) is 41.4 Å². The largest absolute Gasteiger partial charge is 0.444 e. The van der Waals surface area contributed by atoms with E-state index < -0.39 is 0 Å². The third kappa shape index (κ3) is 3.44. The van der Waals surface area contributed by atoms with Gasteiger partial charge in [0.25, 0.3) is 0 Å². The first-order valence-electron chi connectivity index (χ1n) is 8.59. The first-order chi connectivity index (χ1) is 12.2. The Kier molecular flexibility index (Phi) is 4.28. The zero-order valence-electron chi connectivity index (χ0n) is 14.2. The number of likely N-dealkylation sites (tertiary alicyclic amines) is 1. The number of Topliss-reactive ketones (excluding diaryl/α,β-unsaturated/α-hetero) is 1. The van der Waals surface area contributed by atoms with Crippen molar-refractivity contribution in [2.75, 3.05) is 13.1 Å². The fourth-order valence-corrected chi connectivity index (χ4v) is 3.34. The van der Waals surface area contributed by atoms with E-state index in [9.17, 15) is 4.79 Å². The van der Waals surface area contributed by atoms with E-state index in [0.717, 1.165) is 23.0 Å². The van der Waals surface area contributed by atoms with Crippen molar-refractivity contribution in [3.05, 3.63) is 42.8 Å². The highest BCUT2D eigenvalue weighted by Gasteiger charge is 2.22. The summed E-state index contributed by atoms with van der Waals surface area (Å²) < 4.78 is 5.33. The summed E-state index contributed by atoms with van der Waals surface area (Å²) in [6.07, 6.45) is 7.46. The van der Waals surface area contributed by atoms with Crippen molar-refractivity contribution in [2.24, 2.45) is 0 Å². The lowest BCUT2D eigenvalue weighted by molar-refractivity contribution is -0.119. The van der Waals surface area contributed by atoms with E-state index in [1.807, 2.05) is 18.2 Å². The predicted molar refractivity (Wildman–Crippen MR) is 94.0 cm³/mol. The van der Waals surface area contributed by atoms with Crippen LogP contribution in [0.1, 0.15) is 25.6 Å². The fourth-order valence-electron chi connectivity index (χ4n) is 3.34. The van der Waals surface area contributed by atoms with Crippen LogP contribution >= 0.6 is 0 Å². The lowest BCUT2D eigenvalue weighted by atomic mass is 10.1. The Balaban J connectivity index is 1.52. The van der Waals surface area contributed by atoms with Gasteiger partial charge in [-0.1, -0.05) is 12.1 Å². The van der Waals surface area contributed by atoms with Crippen LogP contribution in [0.4, 0.5) is 0 Å². The molecule has 1 aliphatic heterocycles. The van der Waals surface area contributed by atoms with Crippen molar-refractivity contribution < 1.29 is 9.21 Å². The molecule has 6 heteroatoms. The van der Waals surface area contributed by atoms with Crippen LogP contribution in [0.25, 0.3) is 22.2 Å². The minimum Gasteiger partial charge on any atom is -0.444 e. The fraction of sp³-hybridized carbons (Fsp3) is 0.368. The van der Waals surface area contributed by atoms with Gasteiger partial charge in [0.1, 0.15) is 5.82 Å². The molecule has 6 nitrogen and oxygen atoms in total. The van der Waals surface area contributed by atoms with E-state index in [4.69, 9.17) is 4.42 Å². The normalized spacial score (nSPS) is 18.0. The number of fused-ring (bicyclic) bond motifs is 1. The maximum atomic E-state index is 12.4. The quantitative estimate of drug-likeness (QED) is 0.713. The summed E-state index contributed by atoms with van der Waals surface area (Å²) in [5.41, 5.74) is 1.72. The number of hydrogen-bond acceptors (Lipinski definition) is 6. The lowest BCUT2D eigenvalue weighted by Crippen LogP contribution is -2.33. The lowest BCUT2D eigenvalue weighted by Gasteiger charge is -2.19. The van der Waals surface area contributed by atoms with E-state index in [0.29, 0.717) is 24.2 Å². The second-order valence-corrected chi connectivity index (χ2v) is 6.60. The Labute approximate surface area is 145 Å². The molecule has 0 bridgehead atoms. The Morgan fingerprint density at radius 2 is 2.28 bits per heavy atom. The highest BCUT2D eigenvalue weighted by molar-refractivity contribution is 5.85. The average Bonchev–Trinajstić information content (AvgIpc) is 3.27. The van der Waals surface area contributed by atoms with Crippen LogP contribution in [0.2, 0.25) is 0 Å². The van der Waals surface area contributed by atoms with Gasteiger partial charge < -0.3 is 4.42 Å². The molecule has 0 radical (unpaired) electrons. The van der Waals surface area contributed by atoms with Crippen LogP contribution in [0, 0.1) is 0 Å². The van der Waals surface area contributed by atoms with Crippen LogP contribution in [0.5, 0.6) is 0 Å². The standard InChI is InChI=1S/C19H20N4O2/c1-13-3-2-6-23(13)11-16(24)8-19-21-9-15-5-4-14(7-17(15)22-19)18-10-20-12-25-18/h4-5,7,9-10,12-13H,2-3,6,8,11H2,1H3/t13-/m1/s1. The smallest absolute Gasteiger partial charge is 0.181 e. The summed E-state index contributed by atoms with van der Waals surface area (Å²) in [5, 5.41) is 0.938. The van der Waals surface area contributed by atoms with Gasteiger partial charge in [-0.2, -0.15) is 0 Å². The summed E-state index contributed by atoms with van der Waals surface area (Å²) in [4.78, 5) is 27.5. The number of hydrogen-bond donors (Lipinski definition) is 0. The summed E-state index contributed by atoms with van der Waals surface area (Å²) in [5.74, 6) is 1.43. The molecule has 2 aromatic heterocycles. The molecule has 3 heterocycles. The first kappa shape index (κ1) is 15.9. The molecule has 1 aromatic carbocycles. The number of nitrogens with zero attached hydrogens (tertiary/aromatic N) is 4. The van der Waals surface area contributed by atoms with E-state index in [1.54, 1.807) is 12.4 Å². The molecular formula is C19H20N4O2. The number of carbonyl (C=O) groups excluding carboxylic acids is 1. The monoisotopic (exact) mass is 336 g/mol. The van der Waals surface area contributed by atoms with E-state index >= 15 is 0 Å². The maximum Gasteiger partial charge on any atom is 0.181 e. The molecule has 0 N–H and O–H groups in total. The van der Waals surface area contributed by atoms with Gasteiger partial charge in [-0.25, -0.2) is 15.0 Å². The molecule has 1 aliphatic rings. The number of ketones is 1. The zero-order valence-corrected chi connectivity index (χ0v) is 14.2. The number of carbonyl (C=O) groups is 1. The molecule has 1 saturated heterocycles. The molecule has 0 amide bonds. The topological polar surface area (TPSA) is 72.1 Å². The molecule has 0 unspecified atom stereocenters. The number of rotatable bonds is 5. The second-order valence-electron chi connectivity index (χ2n) is 6.60. The third-order valence-electron chi connectivity index (χ3n) is 4.77. The molecule has 1 atom stereocenters. The first-order valence-corrected chi connectivity index (χ1v) is 8.59. The van der Waals surface area contributed by atoms with E-state index in [-0.39, 0.29) is 12.2 Å². The van der Waals surface area contributed by atoms with Crippen molar-refractivity contribution in [1.82, 2.24) is 19.9 Å². The van der Waals surface area contributed by atoms with Crippen LogP contribution in [-0.4, -0.2) is 44.8 Å². The molecule has 0 spiro atoms.